The van der Waals surface area contributed by atoms with Gasteiger partial charge in [0.15, 0.2) is 0 Å². The van der Waals surface area contributed by atoms with Crippen molar-refractivity contribution in [2.45, 2.75) is 24.7 Å². The molecule has 0 amide bonds. The number of benzene rings is 2. The van der Waals surface area contributed by atoms with Crippen LogP contribution < -0.4 is 14.4 Å². The molecule has 0 aliphatic carbocycles. The van der Waals surface area contributed by atoms with Crippen LogP contribution in [-0.4, -0.2) is 41.3 Å². The highest BCUT2D eigenvalue weighted by Gasteiger charge is 2.15. The van der Waals surface area contributed by atoms with Crippen molar-refractivity contribution in [3.63, 3.8) is 0 Å². The minimum atomic E-state index is -3.63. The molecule has 0 bridgehead atoms. The lowest BCUT2D eigenvalue weighted by atomic mass is 10.2. The van der Waals surface area contributed by atoms with Gasteiger partial charge in [-0.25, -0.2) is 8.42 Å². The Hall–Kier alpha value is -2.25. The molecule has 1 heterocycles. The van der Waals surface area contributed by atoms with Gasteiger partial charge in [-0.1, -0.05) is 13.3 Å². The molecule has 0 atom stereocenters. The Morgan fingerprint density at radius 3 is 2.33 bits per heavy atom. The molecule has 0 spiro atoms. The standard InChI is InChI=1S/C20H26N2O4S/c1-2-3-14-26-19-8-10-20(11-9-19)27(23,24)21-17-4-6-18(7-5-17)22-12-15-25-16-13-22/h4-11,21H,2-3,12-16H2,1H3. The molecule has 146 valence electrons. The first kappa shape index (κ1) is 19.5. The van der Waals surface area contributed by atoms with E-state index in [4.69, 9.17) is 9.47 Å². The minimum Gasteiger partial charge on any atom is -0.494 e. The van der Waals surface area contributed by atoms with E-state index >= 15 is 0 Å². The van der Waals surface area contributed by atoms with E-state index in [-0.39, 0.29) is 4.90 Å². The molecule has 1 saturated heterocycles. The predicted octanol–water partition coefficient (Wildman–Crippen LogP) is 3.50. The van der Waals surface area contributed by atoms with E-state index in [1.54, 1.807) is 36.4 Å². The largest absolute Gasteiger partial charge is 0.494 e. The van der Waals surface area contributed by atoms with Crippen LogP contribution in [0.25, 0.3) is 0 Å². The molecule has 2 aromatic carbocycles. The van der Waals surface area contributed by atoms with Crippen LogP contribution in [0.15, 0.2) is 53.4 Å². The maximum Gasteiger partial charge on any atom is 0.261 e. The van der Waals surface area contributed by atoms with Crippen LogP contribution in [0, 0.1) is 0 Å². The molecule has 7 heteroatoms. The fourth-order valence-electron chi connectivity index (χ4n) is 2.83. The van der Waals surface area contributed by atoms with E-state index in [0.29, 0.717) is 31.3 Å². The summed E-state index contributed by atoms with van der Waals surface area (Å²) in [5, 5.41) is 0. The molecule has 1 fully saturated rings. The number of rotatable bonds is 8. The van der Waals surface area contributed by atoms with E-state index in [1.807, 2.05) is 12.1 Å². The van der Waals surface area contributed by atoms with Crippen molar-refractivity contribution in [2.75, 3.05) is 42.5 Å². The number of sulfonamides is 1. The van der Waals surface area contributed by atoms with Crippen LogP contribution in [0.5, 0.6) is 5.75 Å². The highest BCUT2D eigenvalue weighted by atomic mass is 32.2. The Morgan fingerprint density at radius 2 is 1.70 bits per heavy atom. The van der Waals surface area contributed by atoms with Crippen LogP contribution in [0.1, 0.15) is 19.8 Å². The van der Waals surface area contributed by atoms with Gasteiger partial charge in [0.2, 0.25) is 0 Å². The molecule has 0 aromatic heterocycles. The average molecular weight is 391 g/mol. The van der Waals surface area contributed by atoms with Crippen molar-refractivity contribution in [2.24, 2.45) is 0 Å². The van der Waals surface area contributed by atoms with Crippen LogP contribution in [0.3, 0.4) is 0 Å². The summed E-state index contributed by atoms with van der Waals surface area (Å²) in [6.45, 7) is 5.85. The van der Waals surface area contributed by atoms with Crippen molar-refractivity contribution in [3.8, 4) is 5.75 Å². The number of hydrogen-bond acceptors (Lipinski definition) is 5. The van der Waals surface area contributed by atoms with Gasteiger partial charge >= 0.3 is 0 Å². The molecule has 1 N–H and O–H groups in total. The first-order valence-electron chi connectivity index (χ1n) is 9.27. The first-order chi connectivity index (χ1) is 13.1. The number of nitrogens with one attached hydrogen (secondary N) is 1. The summed E-state index contributed by atoms with van der Waals surface area (Å²) in [7, 11) is -3.63. The number of anilines is 2. The Labute approximate surface area is 161 Å². The molecule has 0 unspecified atom stereocenters. The van der Waals surface area contributed by atoms with Crippen molar-refractivity contribution >= 4 is 21.4 Å². The molecular formula is C20H26N2O4S. The SMILES string of the molecule is CCCCOc1ccc(S(=O)(=O)Nc2ccc(N3CCOCC3)cc2)cc1. The molecular weight excluding hydrogens is 364 g/mol. The van der Waals surface area contributed by atoms with Gasteiger partial charge in [-0.15, -0.1) is 0 Å². The molecule has 0 saturated carbocycles. The summed E-state index contributed by atoms with van der Waals surface area (Å²) < 4.78 is 38.7. The highest BCUT2D eigenvalue weighted by molar-refractivity contribution is 7.92. The molecule has 0 radical (unpaired) electrons. The van der Waals surface area contributed by atoms with Gasteiger partial charge < -0.3 is 14.4 Å². The van der Waals surface area contributed by atoms with Crippen LogP contribution in [0.4, 0.5) is 11.4 Å². The predicted molar refractivity (Wildman–Crippen MR) is 107 cm³/mol. The third-order valence-corrected chi connectivity index (χ3v) is 5.79. The maximum atomic E-state index is 12.6. The minimum absolute atomic E-state index is 0.211. The van der Waals surface area contributed by atoms with E-state index in [2.05, 4.69) is 16.5 Å². The average Bonchev–Trinajstić information content (AvgIpc) is 2.70. The summed E-state index contributed by atoms with van der Waals surface area (Å²) in [6.07, 6.45) is 2.03. The lowest BCUT2D eigenvalue weighted by molar-refractivity contribution is 0.122. The lowest BCUT2D eigenvalue weighted by Gasteiger charge is -2.28. The zero-order valence-electron chi connectivity index (χ0n) is 15.6. The second-order valence-electron chi connectivity index (χ2n) is 6.43. The van der Waals surface area contributed by atoms with Gasteiger partial charge in [0.05, 0.1) is 24.7 Å². The van der Waals surface area contributed by atoms with E-state index < -0.39 is 10.0 Å². The molecule has 27 heavy (non-hydrogen) atoms. The molecule has 3 rings (SSSR count). The quantitative estimate of drug-likeness (QED) is 0.699. The topological polar surface area (TPSA) is 67.9 Å². The number of hydrogen-bond donors (Lipinski definition) is 1. The van der Waals surface area contributed by atoms with E-state index in [0.717, 1.165) is 31.6 Å². The molecule has 2 aromatic rings. The van der Waals surface area contributed by atoms with Gasteiger partial charge in [0, 0.05) is 24.5 Å². The second kappa shape index (κ2) is 9.10. The monoisotopic (exact) mass is 390 g/mol. The van der Waals surface area contributed by atoms with Crippen LogP contribution in [-0.2, 0) is 14.8 Å². The van der Waals surface area contributed by atoms with E-state index in [1.165, 1.54) is 0 Å². The fourth-order valence-corrected chi connectivity index (χ4v) is 3.88. The summed E-state index contributed by atoms with van der Waals surface area (Å²) in [5.74, 6) is 0.678. The lowest BCUT2D eigenvalue weighted by Crippen LogP contribution is -2.36. The summed E-state index contributed by atoms with van der Waals surface area (Å²) in [5.41, 5.74) is 1.60. The second-order valence-corrected chi connectivity index (χ2v) is 8.11. The van der Waals surface area contributed by atoms with Crippen molar-refractivity contribution in [3.05, 3.63) is 48.5 Å². The number of morpholine rings is 1. The van der Waals surface area contributed by atoms with Gasteiger partial charge in [0.1, 0.15) is 5.75 Å². The fraction of sp³-hybridized carbons (Fsp3) is 0.400. The third kappa shape index (κ3) is 5.37. The van der Waals surface area contributed by atoms with Crippen LogP contribution >= 0.6 is 0 Å². The normalized spacial score (nSPS) is 14.8. The van der Waals surface area contributed by atoms with Gasteiger partial charge in [0.25, 0.3) is 10.0 Å². The van der Waals surface area contributed by atoms with Crippen LogP contribution in [0.2, 0.25) is 0 Å². The van der Waals surface area contributed by atoms with E-state index in [9.17, 15) is 8.42 Å². The number of nitrogens with zero attached hydrogens (tertiary/aromatic N) is 1. The summed E-state index contributed by atoms with van der Waals surface area (Å²) in [6, 6.07) is 13.9. The van der Waals surface area contributed by atoms with Crippen molar-refractivity contribution < 1.29 is 17.9 Å². The summed E-state index contributed by atoms with van der Waals surface area (Å²) in [4.78, 5) is 2.43. The summed E-state index contributed by atoms with van der Waals surface area (Å²) >= 11 is 0. The number of unbranched alkanes of at least 4 members (excludes halogenated alkanes) is 1. The Morgan fingerprint density at radius 1 is 1.04 bits per heavy atom. The highest BCUT2D eigenvalue weighted by Crippen LogP contribution is 2.22. The van der Waals surface area contributed by atoms with Crippen molar-refractivity contribution in [1.29, 1.82) is 0 Å². The van der Waals surface area contributed by atoms with Gasteiger partial charge in [-0.2, -0.15) is 0 Å². The maximum absolute atomic E-state index is 12.6. The smallest absolute Gasteiger partial charge is 0.261 e. The zero-order valence-corrected chi connectivity index (χ0v) is 16.4. The Kier molecular flexibility index (Phi) is 6.58. The van der Waals surface area contributed by atoms with Gasteiger partial charge in [-0.3, -0.25) is 4.72 Å². The Balaban J connectivity index is 1.63. The molecule has 1 aliphatic rings. The zero-order chi connectivity index (χ0) is 19.1. The first-order valence-corrected chi connectivity index (χ1v) is 10.8. The van der Waals surface area contributed by atoms with Gasteiger partial charge in [-0.05, 0) is 55.0 Å². The number of ether oxygens (including phenoxy) is 2. The third-order valence-electron chi connectivity index (χ3n) is 4.40. The van der Waals surface area contributed by atoms with Crippen molar-refractivity contribution in [1.82, 2.24) is 0 Å². The Bertz CT molecular complexity index is 814. The molecule has 1 aliphatic heterocycles. The molecule has 6 nitrogen and oxygen atoms in total.